The summed E-state index contributed by atoms with van der Waals surface area (Å²) in [6.45, 7) is 1.66. The number of hydrogen-bond acceptors (Lipinski definition) is 3. The number of benzene rings is 2. The molecule has 0 bridgehead atoms. The van der Waals surface area contributed by atoms with Crippen LogP contribution in [0.4, 0.5) is 31.1 Å². The Morgan fingerprint density at radius 2 is 1.57 bits per heavy atom. The summed E-state index contributed by atoms with van der Waals surface area (Å²) in [5, 5.41) is 5.04. The second-order valence-corrected chi connectivity index (χ2v) is 7.60. The molecule has 0 saturated heterocycles. The summed E-state index contributed by atoms with van der Waals surface area (Å²) in [4.78, 5) is 16.6. The first-order chi connectivity index (χ1) is 16.4. The molecule has 2 amide bonds. The van der Waals surface area contributed by atoms with E-state index in [-0.39, 0.29) is 5.56 Å². The standard InChI is InChI=1S/C24H21F6N3O2/c1-14(16-5-3-6-18(13-16)35-2)32-22(34)33-20(15-8-10-17(11-9-15)23(25,26)27)21-19(24(28,29)30)7-4-12-31-21/h3-14,20H,1-2H3,(H2,32,33,34)/t14-,20?/m1/s1. The minimum Gasteiger partial charge on any atom is -0.497 e. The van der Waals surface area contributed by atoms with E-state index in [0.29, 0.717) is 11.3 Å². The lowest BCUT2D eigenvalue weighted by atomic mass is 9.98. The normalized spacial score (nSPS) is 13.6. The molecular formula is C24H21F6N3O2. The van der Waals surface area contributed by atoms with E-state index in [9.17, 15) is 31.1 Å². The molecule has 3 aromatic rings. The lowest BCUT2D eigenvalue weighted by Crippen LogP contribution is -2.40. The van der Waals surface area contributed by atoms with Crippen LogP contribution in [-0.2, 0) is 12.4 Å². The van der Waals surface area contributed by atoms with E-state index in [1.807, 2.05) is 0 Å². The third-order valence-electron chi connectivity index (χ3n) is 5.21. The molecule has 0 saturated carbocycles. The summed E-state index contributed by atoms with van der Waals surface area (Å²) in [5.41, 5.74) is -1.99. The smallest absolute Gasteiger partial charge is 0.418 e. The Morgan fingerprint density at radius 1 is 0.886 bits per heavy atom. The Kier molecular flexibility index (Phi) is 7.57. The fourth-order valence-corrected chi connectivity index (χ4v) is 3.42. The van der Waals surface area contributed by atoms with Crippen LogP contribution in [0, 0.1) is 0 Å². The number of ether oxygens (including phenoxy) is 1. The summed E-state index contributed by atoms with van der Waals surface area (Å²) in [6, 6.07) is 9.28. The Bertz CT molecular complexity index is 1160. The fraction of sp³-hybridized carbons (Fsp3) is 0.250. The summed E-state index contributed by atoms with van der Waals surface area (Å²) in [7, 11) is 1.48. The van der Waals surface area contributed by atoms with Crippen LogP contribution in [0.15, 0.2) is 66.9 Å². The molecule has 3 rings (SSSR count). The molecule has 2 atom stereocenters. The van der Waals surface area contributed by atoms with Gasteiger partial charge in [0.25, 0.3) is 0 Å². The van der Waals surface area contributed by atoms with Gasteiger partial charge in [0, 0.05) is 6.20 Å². The SMILES string of the molecule is COc1cccc([C@@H](C)NC(=O)NC(c2ccc(C(F)(F)F)cc2)c2ncccc2C(F)(F)F)c1. The number of urea groups is 1. The zero-order valence-corrected chi connectivity index (χ0v) is 18.5. The van der Waals surface area contributed by atoms with Crippen molar-refractivity contribution >= 4 is 6.03 Å². The minimum atomic E-state index is -4.81. The first kappa shape index (κ1) is 25.9. The van der Waals surface area contributed by atoms with Gasteiger partial charge in [-0.25, -0.2) is 4.79 Å². The minimum absolute atomic E-state index is 0.00798. The highest BCUT2D eigenvalue weighted by Crippen LogP contribution is 2.36. The molecule has 0 aliphatic heterocycles. The zero-order valence-electron chi connectivity index (χ0n) is 18.5. The van der Waals surface area contributed by atoms with Gasteiger partial charge in [0.05, 0.1) is 36.0 Å². The first-order valence-corrected chi connectivity index (χ1v) is 10.3. The number of carbonyl (C=O) groups excluding carboxylic acids is 1. The monoisotopic (exact) mass is 497 g/mol. The molecular weight excluding hydrogens is 476 g/mol. The fourth-order valence-electron chi connectivity index (χ4n) is 3.42. The van der Waals surface area contributed by atoms with Gasteiger partial charge in [-0.15, -0.1) is 0 Å². The van der Waals surface area contributed by atoms with Gasteiger partial charge >= 0.3 is 18.4 Å². The van der Waals surface area contributed by atoms with Gasteiger partial charge < -0.3 is 15.4 Å². The maximum Gasteiger partial charge on any atom is 0.418 e. The van der Waals surface area contributed by atoms with E-state index in [1.165, 1.54) is 7.11 Å². The maximum absolute atomic E-state index is 13.7. The predicted octanol–water partition coefficient (Wildman–Crippen LogP) is 6.28. The Hall–Kier alpha value is -3.76. The highest BCUT2D eigenvalue weighted by molar-refractivity contribution is 5.75. The van der Waals surface area contributed by atoms with Crippen LogP contribution in [-0.4, -0.2) is 18.1 Å². The third-order valence-corrected chi connectivity index (χ3v) is 5.21. The van der Waals surface area contributed by atoms with Gasteiger partial charge in [-0.3, -0.25) is 4.98 Å². The lowest BCUT2D eigenvalue weighted by Gasteiger charge is -2.24. The van der Waals surface area contributed by atoms with Gasteiger partial charge in [0.15, 0.2) is 0 Å². The number of nitrogens with zero attached hydrogens (tertiary/aromatic N) is 1. The molecule has 1 unspecified atom stereocenters. The molecule has 35 heavy (non-hydrogen) atoms. The number of nitrogens with one attached hydrogen (secondary N) is 2. The molecule has 11 heteroatoms. The Balaban J connectivity index is 1.94. The van der Waals surface area contributed by atoms with Crippen molar-refractivity contribution in [1.82, 2.24) is 15.6 Å². The van der Waals surface area contributed by atoms with Crippen LogP contribution < -0.4 is 15.4 Å². The van der Waals surface area contributed by atoms with E-state index in [0.717, 1.165) is 42.6 Å². The topological polar surface area (TPSA) is 63.2 Å². The van der Waals surface area contributed by atoms with Crippen molar-refractivity contribution in [3.8, 4) is 5.75 Å². The Morgan fingerprint density at radius 3 is 2.17 bits per heavy atom. The van der Waals surface area contributed by atoms with Gasteiger partial charge in [-0.2, -0.15) is 26.3 Å². The van der Waals surface area contributed by atoms with Crippen molar-refractivity contribution < 1.29 is 35.9 Å². The average molecular weight is 497 g/mol. The van der Waals surface area contributed by atoms with Crippen molar-refractivity contribution in [1.29, 1.82) is 0 Å². The van der Waals surface area contributed by atoms with Crippen molar-refractivity contribution in [3.05, 3.63) is 94.8 Å². The van der Waals surface area contributed by atoms with Gasteiger partial charge in [-0.05, 0) is 54.4 Å². The third kappa shape index (κ3) is 6.43. The number of carbonyl (C=O) groups is 1. The van der Waals surface area contributed by atoms with Crippen molar-refractivity contribution in [2.24, 2.45) is 0 Å². The summed E-state index contributed by atoms with van der Waals surface area (Å²) >= 11 is 0. The van der Waals surface area contributed by atoms with Crippen LogP contribution in [0.25, 0.3) is 0 Å². The maximum atomic E-state index is 13.7. The number of hydrogen-bond donors (Lipinski definition) is 2. The van der Waals surface area contributed by atoms with Gasteiger partial charge in [0.1, 0.15) is 5.75 Å². The van der Waals surface area contributed by atoms with E-state index in [1.54, 1.807) is 31.2 Å². The molecule has 0 aliphatic carbocycles. The quantitative estimate of drug-likeness (QED) is 0.394. The summed E-state index contributed by atoms with van der Waals surface area (Å²) in [5.74, 6) is 0.544. The predicted molar refractivity (Wildman–Crippen MR) is 116 cm³/mol. The molecule has 186 valence electrons. The van der Waals surface area contributed by atoms with Gasteiger partial charge in [0.2, 0.25) is 0 Å². The molecule has 0 aliphatic rings. The van der Waals surface area contributed by atoms with Crippen LogP contribution in [0.2, 0.25) is 0 Å². The highest BCUT2D eigenvalue weighted by Gasteiger charge is 2.37. The zero-order chi connectivity index (χ0) is 25.8. The molecule has 2 aromatic carbocycles. The van der Waals surface area contributed by atoms with Crippen LogP contribution in [0.5, 0.6) is 5.75 Å². The van der Waals surface area contributed by atoms with Crippen LogP contribution in [0.3, 0.4) is 0 Å². The number of aromatic nitrogens is 1. The van der Waals surface area contributed by atoms with Crippen molar-refractivity contribution in [2.45, 2.75) is 31.4 Å². The summed E-state index contributed by atoms with van der Waals surface area (Å²) < 4.78 is 85.1. The number of halogens is 6. The Labute approximate surface area is 197 Å². The lowest BCUT2D eigenvalue weighted by molar-refractivity contribution is -0.139. The average Bonchev–Trinajstić information content (AvgIpc) is 2.81. The molecule has 0 spiro atoms. The second-order valence-electron chi connectivity index (χ2n) is 7.60. The molecule has 0 fully saturated rings. The molecule has 5 nitrogen and oxygen atoms in total. The van der Waals surface area contributed by atoms with Crippen LogP contribution >= 0.6 is 0 Å². The first-order valence-electron chi connectivity index (χ1n) is 10.3. The van der Waals surface area contributed by atoms with Crippen molar-refractivity contribution in [3.63, 3.8) is 0 Å². The van der Waals surface area contributed by atoms with E-state index in [2.05, 4.69) is 15.6 Å². The van der Waals surface area contributed by atoms with Crippen molar-refractivity contribution in [2.75, 3.05) is 7.11 Å². The summed E-state index contributed by atoms with van der Waals surface area (Å²) in [6.07, 6.45) is -8.33. The molecule has 2 N–H and O–H groups in total. The van der Waals surface area contributed by atoms with Gasteiger partial charge in [-0.1, -0.05) is 24.3 Å². The van der Waals surface area contributed by atoms with E-state index in [4.69, 9.17) is 4.74 Å². The van der Waals surface area contributed by atoms with Crippen LogP contribution in [0.1, 0.15) is 47.0 Å². The number of rotatable bonds is 6. The second kappa shape index (κ2) is 10.2. The van der Waals surface area contributed by atoms with E-state index >= 15 is 0 Å². The number of amides is 2. The number of methoxy groups -OCH3 is 1. The molecule has 1 heterocycles. The molecule has 1 aromatic heterocycles. The largest absolute Gasteiger partial charge is 0.497 e. The number of alkyl halides is 6. The molecule has 0 radical (unpaired) electrons. The van der Waals surface area contributed by atoms with E-state index < -0.39 is 47.3 Å². The number of pyridine rings is 1. The highest BCUT2D eigenvalue weighted by atomic mass is 19.4.